The van der Waals surface area contributed by atoms with E-state index in [4.69, 9.17) is 9.84 Å². The molecule has 0 fully saturated rings. The number of carboxylic acids is 1. The van der Waals surface area contributed by atoms with Gasteiger partial charge in [0.25, 0.3) is 0 Å². The van der Waals surface area contributed by atoms with Crippen LogP contribution in [-0.2, 0) is 22.7 Å². The van der Waals surface area contributed by atoms with E-state index < -0.39 is 5.97 Å². The highest BCUT2D eigenvalue weighted by atomic mass is 16.5. The number of aryl methyl sites for hydroxylation is 2. The first kappa shape index (κ1) is 16.6. The number of carbonyl (C=O) groups is 2. The Balaban J connectivity index is 2.17. The number of aromatic nitrogens is 3. The van der Waals surface area contributed by atoms with Gasteiger partial charge < -0.3 is 15.2 Å². The number of nitrogens with one attached hydrogen (secondary N) is 1. The number of amides is 1. The van der Waals surface area contributed by atoms with Gasteiger partial charge in [-0.05, 0) is 31.0 Å². The van der Waals surface area contributed by atoms with E-state index in [2.05, 4.69) is 15.6 Å². The Morgan fingerprint density at radius 3 is 2.74 bits per heavy atom. The molecule has 2 rings (SSSR count). The highest BCUT2D eigenvalue weighted by molar-refractivity contribution is 5.91. The van der Waals surface area contributed by atoms with Gasteiger partial charge in [-0.1, -0.05) is 17.3 Å². The molecule has 8 nitrogen and oxygen atoms in total. The maximum Gasteiger partial charge on any atom is 0.358 e. The highest BCUT2D eigenvalue weighted by Crippen LogP contribution is 2.16. The zero-order valence-electron chi connectivity index (χ0n) is 13.2. The SMILES string of the molecule is COCc1c(C(=O)O)nnn1CC(=O)Nc1cc(C)ccc1C. The molecule has 1 aromatic heterocycles. The van der Waals surface area contributed by atoms with Crippen LogP contribution in [0.5, 0.6) is 0 Å². The molecule has 2 aromatic rings. The molecule has 122 valence electrons. The molecule has 1 aromatic carbocycles. The molecule has 0 unspecified atom stereocenters. The van der Waals surface area contributed by atoms with Gasteiger partial charge in [0, 0.05) is 12.8 Å². The molecule has 2 N–H and O–H groups in total. The van der Waals surface area contributed by atoms with Crippen molar-refractivity contribution in [3.63, 3.8) is 0 Å². The van der Waals surface area contributed by atoms with Gasteiger partial charge in [0.15, 0.2) is 5.69 Å². The zero-order valence-corrected chi connectivity index (χ0v) is 13.2. The third kappa shape index (κ3) is 3.92. The maximum absolute atomic E-state index is 12.2. The predicted octanol–water partition coefficient (Wildman–Crippen LogP) is 1.38. The van der Waals surface area contributed by atoms with Crippen LogP contribution >= 0.6 is 0 Å². The second-order valence-corrected chi connectivity index (χ2v) is 5.15. The lowest BCUT2D eigenvalue weighted by Crippen LogP contribution is -2.22. The van der Waals surface area contributed by atoms with Gasteiger partial charge in [-0.25, -0.2) is 9.48 Å². The number of rotatable bonds is 6. The molecule has 0 saturated heterocycles. The fourth-order valence-electron chi connectivity index (χ4n) is 2.10. The van der Waals surface area contributed by atoms with E-state index in [1.165, 1.54) is 11.8 Å². The van der Waals surface area contributed by atoms with Crippen LogP contribution < -0.4 is 5.32 Å². The summed E-state index contributed by atoms with van der Waals surface area (Å²) in [6, 6.07) is 5.74. The smallest absolute Gasteiger partial charge is 0.358 e. The number of methoxy groups -OCH3 is 1. The van der Waals surface area contributed by atoms with Crippen LogP contribution in [0.3, 0.4) is 0 Å². The lowest BCUT2D eigenvalue weighted by molar-refractivity contribution is -0.117. The van der Waals surface area contributed by atoms with Crippen molar-refractivity contribution in [2.24, 2.45) is 0 Å². The van der Waals surface area contributed by atoms with Gasteiger partial charge in [-0.2, -0.15) is 0 Å². The molecule has 1 heterocycles. The normalized spacial score (nSPS) is 10.6. The average molecular weight is 318 g/mol. The number of aromatic carboxylic acids is 1. The lowest BCUT2D eigenvalue weighted by atomic mass is 10.1. The third-order valence-electron chi connectivity index (χ3n) is 3.28. The standard InChI is InChI=1S/C15H18N4O4/c1-9-4-5-10(2)11(6-9)16-13(20)7-19-12(8-23-3)14(15(21)22)17-18-19/h4-6H,7-8H2,1-3H3,(H,16,20)(H,21,22). The lowest BCUT2D eigenvalue weighted by Gasteiger charge is -2.10. The summed E-state index contributed by atoms with van der Waals surface area (Å²) in [7, 11) is 1.43. The Morgan fingerprint density at radius 1 is 1.35 bits per heavy atom. The minimum atomic E-state index is -1.21. The first-order chi connectivity index (χ1) is 10.9. The molecule has 0 bridgehead atoms. The number of hydrogen-bond donors (Lipinski definition) is 2. The van der Waals surface area contributed by atoms with Crippen LogP contribution in [0.15, 0.2) is 18.2 Å². The maximum atomic E-state index is 12.2. The fraction of sp³-hybridized carbons (Fsp3) is 0.333. The van der Waals surface area contributed by atoms with Crippen LogP contribution in [0.4, 0.5) is 5.69 Å². The number of benzene rings is 1. The molecule has 0 saturated carbocycles. The van der Waals surface area contributed by atoms with E-state index in [0.717, 1.165) is 11.1 Å². The van der Waals surface area contributed by atoms with E-state index >= 15 is 0 Å². The minimum absolute atomic E-state index is 0.00534. The Kier molecular flexibility index (Phi) is 5.07. The topological polar surface area (TPSA) is 106 Å². The van der Waals surface area contributed by atoms with Crippen molar-refractivity contribution in [2.75, 3.05) is 12.4 Å². The van der Waals surface area contributed by atoms with E-state index in [1.54, 1.807) is 0 Å². The number of carbonyl (C=O) groups excluding carboxylic acids is 1. The molecule has 0 aliphatic heterocycles. The monoisotopic (exact) mass is 318 g/mol. The number of hydrogen-bond acceptors (Lipinski definition) is 5. The predicted molar refractivity (Wildman–Crippen MR) is 82.2 cm³/mol. The third-order valence-corrected chi connectivity index (χ3v) is 3.28. The highest BCUT2D eigenvalue weighted by Gasteiger charge is 2.20. The molecule has 0 atom stereocenters. The van der Waals surface area contributed by atoms with Crippen molar-refractivity contribution >= 4 is 17.6 Å². The molecular formula is C15H18N4O4. The number of nitrogens with zero attached hydrogens (tertiary/aromatic N) is 3. The molecule has 8 heteroatoms. The van der Waals surface area contributed by atoms with Crippen LogP contribution in [0.25, 0.3) is 0 Å². The Labute approximate surface area is 133 Å². The van der Waals surface area contributed by atoms with Crippen LogP contribution in [0.1, 0.15) is 27.3 Å². The van der Waals surface area contributed by atoms with Gasteiger partial charge in [-0.15, -0.1) is 5.10 Å². The zero-order chi connectivity index (χ0) is 17.0. The number of ether oxygens (including phenoxy) is 1. The summed E-state index contributed by atoms with van der Waals surface area (Å²) in [4.78, 5) is 23.3. The van der Waals surface area contributed by atoms with E-state index in [9.17, 15) is 9.59 Å². The Morgan fingerprint density at radius 2 is 2.09 bits per heavy atom. The summed E-state index contributed by atoms with van der Waals surface area (Å²) in [6.45, 7) is 3.68. The minimum Gasteiger partial charge on any atom is -0.476 e. The van der Waals surface area contributed by atoms with Gasteiger partial charge in [0.05, 0.1) is 12.3 Å². The molecular weight excluding hydrogens is 300 g/mol. The van der Waals surface area contributed by atoms with Crippen molar-refractivity contribution in [2.45, 2.75) is 27.0 Å². The summed E-state index contributed by atoms with van der Waals surface area (Å²) >= 11 is 0. The molecule has 0 spiro atoms. The van der Waals surface area contributed by atoms with Gasteiger partial charge >= 0.3 is 5.97 Å². The van der Waals surface area contributed by atoms with Gasteiger partial charge in [-0.3, -0.25) is 4.79 Å². The summed E-state index contributed by atoms with van der Waals surface area (Å²) in [5, 5.41) is 19.2. The van der Waals surface area contributed by atoms with E-state index in [0.29, 0.717) is 5.69 Å². The van der Waals surface area contributed by atoms with Crippen molar-refractivity contribution in [3.05, 3.63) is 40.7 Å². The van der Waals surface area contributed by atoms with Gasteiger partial charge in [0.2, 0.25) is 5.91 Å². The number of carboxylic acid groups (broad SMARTS) is 1. The quantitative estimate of drug-likeness (QED) is 0.833. The first-order valence-electron chi connectivity index (χ1n) is 6.94. The fourth-order valence-corrected chi connectivity index (χ4v) is 2.10. The van der Waals surface area contributed by atoms with Crippen LogP contribution in [0, 0.1) is 13.8 Å². The summed E-state index contributed by atoms with van der Waals surface area (Å²) in [5.74, 6) is -1.53. The van der Waals surface area contributed by atoms with E-state index in [1.807, 2.05) is 32.0 Å². The van der Waals surface area contributed by atoms with Crippen molar-refractivity contribution < 1.29 is 19.4 Å². The summed E-state index contributed by atoms with van der Waals surface area (Å²) in [6.07, 6.45) is 0. The summed E-state index contributed by atoms with van der Waals surface area (Å²) in [5.41, 5.74) is 2.70. The summed E-state index contributed by atoms with van der Waals surface area (Å²) < 4.78 is 6.19. The van der Waals surface area contributed by atoms with Crippen molar-refractivity contribution in [1.29, 1.82) is 0 Å². The molecule has 23 heavy (non-hydrogen) atoms. The largest absolute Gasteiger partial charge is 0.476 e. The van der Waals surface area contributed by atoms with Crippen LogP contribution in [0.2, 0.25) is 0 Å². The van der Waals surface area contributed by atoms with Crippen molar-refractivity contribution in [3.8, 4) is 0 Å². The van der Waals surface area contributed by atoms with Gasteiger partial charge in [0.1, 0.15) is 6.54 Å². The molecule has 1 amide bonds. The van der Waals surface area contributed by atoms with E-state index in [-0.39, 0.29) is 30.4 Å². The van der Waals surface area contributed by atoms with Crippen molar-refractivity contribution in [1.82, 2.24) is 15.0 Å². The second-order valence-electron chi connectivity index (χ2n) is 5.15. The molecule has 0 radical (unpaired) electrons. The Hall–Kier alpha value is -2.74. The first-order valence-corrected chi connectivity index (χ1v) is 6.94. The number of anilines is 1. The average Bonchev–Trinajstić information content (AvgIpc) is 2.86. The molecule has 0 aliphatic rings. The second kappa shape index (κ2) is 7.01. The van der Waals surface area contributed by atoms with Crippen LogP contribution in [-0.4, -0.2) is 39.1 Å². The Bertz CT molecular complexity index is 739. The molecule has 0 aliphatic carbocycles.